The highest BCUT2D eigenvalue weighted by molar-refractivity contribution is 9.11. The summed E-state index contributed by atoms with van der Waals surface area (Å²) >= 11 is 3.09. The Morgan fingerprint density at radius 3 is 2.59 bits per heavy atom. The number of aliphatic hydroxyl groups is 1. The van der Waals surface area contributed by atoms with Crippen LogP contribution < -0.4 is 16.1 Å². The standard InChI is InChI=1S/C25H30BrN3O8/c1-15(29(17-8-6-5-7-9-17)24(34)37-25(2,3)4)22(32)35-14-19-18(30)12-20(36-19)28-13-16(10-11-26)21(31)27-23(28)33/h5-11,13,15,18-20,30H,12,14H2,1-4H3,(H,27,31,33)/b11-10+/t15-,18-,19+,20+/m0/s1. The maximum Gasteiger partial charge on any atom is 0.415 e. The lowest BCUT2D eigenvalue weighted by Gasteiger charge is -2.31. The molecular formula is C25H30BrN3O8. The lowest BCUT2D eigenvalue weighted by Crippen LogP contribution is -2.47. The molecule has 1 aromatic carbocycles. The van der Waals surface area contributed by atoms with Gasteiger partial charge in [-0.05, 0) is 50.9 Å². The van der Waals surface area contributed by atoms with E-state index >= 15 is 0 Å². The van der Waals surface area contributed by atoms with Gasteiger partial charge in [0.2, 0.25) is 0 Å². The first-order chi connectivity index (χ1) is 17.4. The molecule has 0 spiro atoms. The fraction of sp³-hybridized carbons (Fsp3) is 0.440. The van der Waals surface area contributed by atoms with Gasteiger partial charge in [0, 0.05) is 18.3 Å². The van der Waals surface area contributed by atoms with Crippen LogP contribution in [0.25, 0.3) is 6.08 Å². The van der Waals surface area contributed by atoms with E-state index in [0.29, 0.717) is 5.69 Å². The number of aromatic amines is 1. The largest absolute Gasteiger partial charge is 0.461 e. The maximum absolute atomic E-state index is 12.9. The van der Waals surface area contributed by atoms with E-state index in [2.05, 4.69) is 20.9 Å². The number of hydrogen-bond acceptors (Lipinski definition) is 8. The van der Waals surface area contributed by atoms with Crippen molar-refractivity contribution >= 4 is 39.8 Å². The molecule has 1 amide bonds. The van der Waals surface area contributed by atoms with Crippen molar-refractivity contribution in [3.8, 4) is 0 Å². The second-order valence-corrected chi connectivity index (χ2v) is 10.00. The Kier molecular flexibility index (Phi) is 9.11. The molecule has 4 atom stereocenters. The number of rotatable bonds is 7. The SMILES string of the molecule is C[C@@H](C(=O)OC[C@H]1O[C@@H](n2cc(/C=C/Br)c(=O)[nH]c2=O)C[C@@H]1O)N(C(=O)OC(C)(C)C)c1ccccc1. The van der Waals surface area contributed by atoms with Crippen molar-refractivity contribution in [2.75, 3.05) is 11.5 Å². The Balaban J connectivity index is 1.71. The highest BCUT2D eigenvalue weighted by atomic mass is 79.9. The molecule has 200 valence electrons. The Labute approximate surface area is 221 Å². The Hall–Kier alpha value is -3.22. The molecule has 3 rings (SSSR count). The molecule has 1 fully saturated rings. The van der Waals surface area contributed by atoms with Crippen molar-refractivity contribution in [2.24, 2.45) is 0 Å². The quantitative estimate of drug-likeness (QED) is 0.477. The summed E-state index contributed by atoms with van der Waals surface area (Å²) in [5.74, 6) is -0.736. The smallest absolute Gasteiger partial charge is 0.415 e. The second-order valence-electron chi connectivity index (χ2n) is 9.47. The van der Waals surface area contributed by atoms with Gasteiger partial charge in [0.05, 0.1) is 11.7 Å². The summed E-state index contributed by atoms with van der Waals surface area (Å²) in [4.78, 5) is 54.9. The number of carbonyl (C=O) groups is 2. The van der Waals surface area contributed by atoms with E-state index in [1.807, 2.05) is 0 Å². The van der Waals surface area contributed by atoms with E-state index in [4.69, 9.17) is 14.2 Å². The first-order valence-corrected chi connectivity index (χ1v) is 12.5. The molecule has 0 bridgehead atoms. The number of aliphatic hydroxyl groups excluding tert-OH is 1. The minimum absolute atomic E-state index is 0.0369. The van der Waals surface area contributed by atoms with Crippen molar-refractivity contribution in [3.05, 3.63) is 67.9 Å². The lowest BCUT2D eigenvalue weighted by atomic mass is 10.2. The number of nitrogens with zero attached hydrogens (tertiary/aromatic N) is 2. The van der Waals surface area contributed by atoms with Crippen molar-refractivity contribution < 1.29 is 28.9 Å². The molecule has 0 saturated carbocycles. The first kappa shape index (κ1) is 28.4. The zero-order valence-corrected chi connectivity index (χ0v) is 22.5. The fourth-order valence-corrected chi connectivity index (χ4v) is 4.00. The lowest BCUT2D eigenvalue weighted by molar-refractivity contribution is -0.151. The molecule has 1 aliphatic heterocycles. The van der Waals surface area contributed by atoms with Gasteiger partial charge in [-0.25, -0.2) is 14.4 Å². The van der Waals surface area contributed by atoms with Crippen molar-refractivity contribution in [3.63, 3.8) is 0 Å². The first-order valence-electron chi connectivity index (χ1n) is 11.6. The van der Waals surface area contributed by atoms with Gasteiger partial charge in [-0.3, -0.25) is 19.2 Å². The molecule has 2 heterocycles. The fourth-order valence-electron chi connectivity index (χ4n) is 3.71. The zero-order chi connectivity index (χ0) is 27.3. The average Bonchev–Trinajstić information content (AvgIpc) is 3.19. The number of benzene rings is 1. The summed E-state index contributed by atoms with van der Waals surface area (Å²) in [5.41, 5.74) is -1.39. The van der Waals surface area contributed by atoms with Crippen LogP contribution >= 0.6 is 15.9 Å². The van der Waals surface area contributed by atoms with E-state index in [9.17, 15) is 24.3 Å². The zero-order valence-electron chi connectivity index (χ0n) is 20.9. The minimum atomic E-state index is -1.05. The number of hydrogen-bond donors (Lipinski definition) is 2. The molecule has 11 nitrogen and oxygen atoms in total. The number of ether oxygens (including phenoxy) is 3. The molecule has 2 N–H and O–H groups in total. The third kappa shape index (κ3) is 7.18. The van der Waals surface area contributed by atoms with E-state index in [1.165, 1.54) is 29.1 Å². The number of esters is 1. The number of halogens is 1. The number of aromatic nitrogens is 2. The Bertz CT molecular complexity index is 1250. The van der Waals surface area contributed by atoms with Crippen LogP contribution in [0.4, 0.5) is 10.5 Å². The molecule has 12 heteroatoms. The number of amides is 1. The van der Waals surface area contributed by atoms with Crippen LogP contribution in [0.15, 0.2) is 51.1 Å². The molecule has 37 heavy (non-hydrogen) atoms. The van der Waals surface area contributed by atoms with E-state index in [0.717, 1.165) is 4.57 Å². The van der Waals surface area contributed by atoms with Gasteiger partial charge < -0.3 is 19.3 Å². The summed E-state index contributed by atoms with van der Waals surface area (Å²) in [6.07, 6.45) is -0.749. The van der Waals surface area contributed by atoms with Crippen LogP contribution in [-0.2, 0) is 19.0 Å². The summed E-state index contributed by atoms with van der Waals surface area (Å²) in [7, 11) is 0. The molecule has 0 radical (unpaired) electrons. The van der Waals surface area contributed by atoms with Gasteiger partial charge in [0.1, 0.15) is 30.6 Å². The predicted molar refractivity (Wildman–Crippen MR) is 139 cm³/mol. The maximum atomic E-state index is 12.9. The number of nitrogens with one attached hydrogen (secondary N) is 1. The molecule has 1 saturated heterocycles. The van der Waals surface area contributed by atoms with Crippen LogP contribution in [0.1, 0.15) is 45.9 Å². The minimum Gasteiger partial charge on any atom is -0.461 e. The molecule has 2 aromatic rings. The third-order valence-corrected chi connectivity index (χ3v) is 5.76. The number of H-pyrrole nitrogens is 1. The number of anilines is 1. The Morgan fingerprint density at radius 2 is 1.97 bits per heavy atom. The summed E-state index contributed by atoms with van der Waals surface area (Å²) < 4.78 is 17.8. The van der Waals surface area contributed by atoms with Crippen LogP contribution in [0.5, 0.6) is 0 Å². The Morgan fingerprint density at radius 1 is 1.30 bits per heavy atom. The van der Waals surface area contributed by atoms with Gasteiger partial charge in [0.15, 0.2) is 0 Å². The summed E-state index contributed by atoms with van der Waals surface area (Å²) in [6.45, 7) is 6.36. The molecular weight excluding hydrogens is 550 g/mol. The molecule has 1 aromatic heterocycles. The van der Waals surface area contributed by atoms with Crippen molar-refractivity contribution in [1.29, 1.82) is 0 Å². The molecule has 1 aliphatic rings. The number of carbonyl (C=O) groups excluding carboxylic acids is 2. The van der Waals surface area contributed by atoms with Crippen LogP contribution in [0.3, 0.4) is 0 Å². The predicted octanol–water partition coefficient (Wildman–Crippen LogP) is 2.92. The van der Waals surface area contributed by atoms with Gasteiger partial charge in [0.25, 0.3) is 5.56 Å². The molecule has 0 aliphatic carbocycles. The monoisotopic (exact) mass is 579 g/mol. The van der Waals surface area contributed by atoms with Crippen LogP contribution in [0, 0.1) is 0 Å². The van der Waals surface area contributed by atoms with E-state index in [-0.39, 0.29) is 18.6 Å². The normalized spacial score (nSPS) is 20.5. The van der Waals surface area contributed by atoms with Crippen LogP contribution in [-0.4, -0.2) is 57.2 Å². The highest BCUT2D eigenvalue weighted by Gasteiger charge is 2.38. The molecule has 0 unspecified atom stereocenters. The third-order valence-electron chi connectivity index (χ3n) is 5.50. The van der Waals surface area contributed by atoms with E-state index < -0.39 is 53.4 Å². The van der Waals surface area contributed by atoms with Gasteiger partial charge >= 0.3 is 17.8 Å². The second kappa shape index (κ2) is 11.9. The van der Waals surface area contributed by atoms with Gasteiger partial charge in [-0.1, -0.05) is 34.1 Å². The average molecular weight is 580 g/mol. The number of para-hydroxylation sites is 1. The highest BCUT2D eigenvalue weighted by Crippen LogP contribution is 2.28. The topological polar surface area (TPSA) is 140 Å². The van der Waals surface area contributed by atoms with Crippen molar-refractivity contribution in [2.45, 2.75) is 64.2 Å². The van der Waals surface area contributed by atoms with Crippen LogP contribution in [0.2, 0.25) is 0 Å². The van der Waals surface area contributed by atoms with Gasteiger partial charge in [-0.2, -0.15) is 0 Å². The summed E-state index contributed by atoms with van der Waals surface area (Å²) in [6, 6.07) is 7.53. The van der Waals surface area contributed by atoms with Crippen molar-refractivity contribution in [1.82, 2.24) is 9.55 Å². The summed E-state index contributed by atoms with van der Waals surface area (Å²) in [5, 5.41) is 10.5. The van der Waals surface area contributed by atoms with Gasteiger partial charge in [-0.15, -0.1) is 0 Å². The van der Waals surface area contributed by atoms with E-state index in [1.54, 1.807) is 51.1 Å².